The lowest BCUT2D eigenvalue weighted by atomic mass is 10.0. The predicted octanol–water partition coefficient (Wildman–Crippen LogP) is -0.981. The van der Waals surface area contributed by atoms with Crippen LogP contribution in [0.15, 0.2) is 0 Å². The van der Waals surface area contributed by atoms with Crippen LogP contribution in [-0.4, -0.2) is 65.2 Å². The molecule has 0 aromatic heterocycles. The van der Waals surface area contributed by atoms with Gasteiger partial charge in [-0.05, 0) is 0 Å². The minimum Gasteiger partial charge on any atom is -0.394 e. The molecule has 7 heteroatoms. The maximum atomic E-state index is 13.3. The fraction of sp³-hybridized carbons (Fsp3) is 1.00. The molecule has 1 saturated heterocycles. The van der Waals surface area contributed by atoms with Gasteiger partial charge < -0.3 is 24.8 Å². The molecule has 1 aliphatic rings. The molecule has 0 bridgehead atoms. The van der Waals surface area contributed by atoms with Crippen LogP contribution in [-0.2, 0) is 9.47 Å². The van der Waals surface area contributed by atoms with Gasteiger partial charge in [-0.3, -0.25) is 0 Å². The Morgan fingerprint density at radius 3 is 2.53 bits per heavy atom. The van der Waals surface area contributed by atoms with Crippen molar-refractivity contribution in [3.63, 3.8) is 0 Å². The highest BCUT2D eigenvalue weighted by Gasteiger charge is 2.45. The number of hydrogen-bond acceptors (Lipinski definition) is 5. The highest BCUT2D eigenvalue weighted by Crippen LogP contribution is 2.24. The standard InChI is InChI=1S/C8H14ClFO5/c9-1-2-14-8-5(10)7(13)6(12)4(3-11)15-8/h4-8,11-13H,1-3H2/t4-,5+,6-,7-,8+/m1/s1. The molecule has 0 spiro atoms. The lowest BCUT2D eigenvalue weighted by Crippen LogP contribution is -2.57. The summed E-state index contributed by atoms with van der Waals surface area (Å²) in [6.07, 6.45) is -7.30. The Bertz CT molecular complexity index is 194. The molecule has 0 aliphatic carbocycles. The molecule has 1 aliphatic heterocycles. The summed E-state index contributed by atoms with van der Waals surface area (Å²) in [6, 6.07) is 0. The average Bonchev–Trinajstić information content (AvgIpc) is 2.25. The van der Waals surface area contributed by atoms with Crippen LogP contribution in [0.2, 0.25) is 0 Å². The van der Waals surface area contributed by atoms with Crippen LogP contribution < -0.4 is 0 Å². The van der Waals surface area contributed by atoms with E-state index in [4.69, 9.17) is 26.2 Å². The third-order valence-electron chi connectivity index (χ3n) is 2.17. The van der Waals surface area contributed by atoms with Crippen LogP contribution in [0.4, 0.5) is 4.39 Å². The topological polar surface area (TPSA) is 79.2 Å². The fourth-order valence-electron chi connectivity index (χ4n) is 1.34. The van der Waals surface area contributed by atoms with E-state index in [1.807, 2.05) is 0 Å². The van der Waals surface area contributed by atoms with Crippen LogP contribution in [0.25, 0.3) is 0 Å². The number of halogens is 2. The number of aliphatic hydroxyl groups excluding tert-OH is 3. The van der Waals surface area contributed by atoms with Crippen molar-refractivity contribution in [2.24, 2.45) is 0 Å². The highest BCUT2D eigenvalue weighted by molar-refractivity contribution is 6.17. The third-order valence-corrected chi connectivity index (χ3v) is 2.32. The summed E-state index contributed by atoms with van der Waals surface area (Å²) in [5, 5.41) is 27.4. The van der Waals surface area contributed by atoms with Gasteiger partial charge in [-0.2, -0.15) is 0 Å². The summed E-state index contributed by atoms with van der Waals surface area (Å²) in [5.41, 5.74) is 0. The number of alkyl halides is 2. The molecule has 5 nitrogen and oxygen atoms in total. The molecular weight excluding hydrogens is 231 g/mol. The van der Waals surface area contributed by atoms with Crippen LogP contribution in [0.1, 0.15) is 0 Å². The van der Waals surface area contributed by atoms with E-state index in [9.17, 15) is 14.6 Å². The molecule has 3 N–H and O–H groups in total. The van der Waals surface area contributed by atoms with E-state index in [0.29, 0.717) is 0 Å². The molecule has 1 rings (SSSR count). The smallest absolute Gasteiger partial charge is 0.192 e. The van der Waals surface area contributed by atoms with Gasteiger partial charge in [0.15, 0.2) is 12.5 Å². The fourth-order valence-corrected chi connectivity index (χ4v) is 1.43. The highest BCUT2D eigenvalue weighted by atomic mass is 35.5. The molecule has 90 valence electrons. The monoisotopic (exact) mass is 244 g/mol. The molecule has 5 atom stereocenters. The molecule has 1 fully saturated rings. The Hall–Kier alpha value is 0.0200. The van der Waals surface area contributed by atoms with Crippen LogP contribution in [0.3, 0.4) is 0 Å². The van der Waals surface area contributed by atoms with E-state index in [1.165, 1.54) is 0 Å². The van der Waals surface area contributed by atoms with E-state index in [2.05, 4.69) is 0 Å². The molecule has 0 radical (unpaired) electrons. The van der Waals surface area contributed by atoms with Crippen molar-refractivity contribution < 1.29 is 29.2 Å². The number of rotatable bonds is 4. The van der Waals surface area contributed by atoms with E-state index >= 15 is 0 Å². The summed E-state index contributed by atoms with van der Waals surface area (Å²) in [4.78, 5) is 0. The Kier molecular flexibility index (Phi) is 5.17. The average molecular weight is 245 g/mol. The normalized spacial score (nSPS) is 41.8. The van der Waals surface area contributed by atoms with Gasteiger partial charge >= 0.3 is 0 Å². The Morgan fingerprint density at radius 2 is 2.00 bits per heavy atom. The molecular formula is C8H14ClFO5. The van der Waals surface area contributed by atoms with Gasteiger partial charge in [0.2, 0.25) is 0 Å². The van der Waals surface area contributed by atoms with E-state index in [-0.39, 0.29) is 12.5 Å². The van der Waals surface area contributed by atoms with Gasteiger partial charge in [0.25, 0.3) is 0 Å². The first-order chi connectivity index (χ1) is 7.11. The zero-order valence-corrected chi connectivity index (χ0v) is 8.68. The first-order valence-corrected chi connectivity index (χ1v) is 5.09. The van der Waals surface area contributed by atoms with E-state index < -0.39 is 37.4 Å². The second-order valence-corrected chi connectivity index (χ2v) is 3.59. The van der Waals surface area contributed by atoms with Crippen LogP contribution in [0.5, 0.6) is 0 Å². The molecule has 0 unspecified atom stereocenters. The Labute approximate surface area is 91.4 Å². The second-order valence-electron chi connectivity index (χ2n) is 3.21. The first kappa shape index (κ1) is 13.1. The Balaban J connectivity index is 2.57. The summed E-state index contributed by atoms with van der Waals surface area (Å²) < 4.78 is 23.1. The summed E-state index contributed by atoms with van der Waals surface area (Å²) >= 11 is 5.34. The number of ether oxygens (including phenoxy) is 2. The van der Waals surface area contributed by atoms with E-state index in [0.717, 1.165) is 0 Å². The van der Waals surface area contributed by atoms with Gasteiger partial charge in [-0.15, -0.1) is 11.6 Å². The second kappa shape index (κ2) is 5.93. The summed E-state index contributed by atoms with van der Waals surface area (Å²) in [5.74, 6) is 0.162. The quantitative estimate of drug-likeness (QED) is 0.554. The van der Waals surface area contributed by atoms with Crippen molar-refractivity contribution in [2.75, 3.05) is 19.1 Å². The number of aliphatic hydroxyl groups is 3. The maximum absolute atomic E-state index is 13.3. The Morgan fingerprint density at radius 1 is 1.33 bits per heavy atom. The van der Waals surface area contributed by atoms with Gasteiger partial charge in [0.1, 0.15) is 18.3 Å². The number of hydrogen-bond donors (Lipinski definition) is 3. The molecule has 0 amide bonds. The zero-order chi connectivity index (χ0) is 11.4. The lowest BCUT2D eigenvalue weighted by Gasteiger charge is -2.38. The molecule has 0 aromatic rings. The first-order valence-electron chi connectivity index (χ1n) is 4.56. The molecule has 1 heterocycles. The van der Waals surface area contributed by atoms with Gasteiger partial charge in [-0.1, -0.05) is 0 Å². The van der Waals surface area contributed by atoms with Crippen LogP contribution in [0, 0.1) is 0 Å². The van der Waals surface area contributed by atoms with Gasteiger partial charge in [0.05, 0.1) is 13.2 Å². The zero-order valence-electron chi connectivity index (χ0n) is 7.92. The SMILES string of the molecule is OC[C@H]1O[C@H](OCCCl)[C@@H](F)[C@@H](O)[C@@H]1O. The van der Waals surface area contributed by atoms with Crippen LogP contribution >= 0.6 is 11.6 Å². The minimum atomic E-state index is -1.86. The molecule has 15 heavy (non-hydrogen) atoms. The minimum absolute atomic E-state index is 0.0631. The lowest BCUT2D eigenvalue weighted by molar-refractivity contribution is -0.285. The van der Waals surface area contributed by atoms with Crippen molar-refractivity contribution >= 4 is 11.6 Å². The van der Waals surface area contributed by atoms with E-state index in [1.54, 1.807) is 0 Å². The van der Waals surface area contributed by atoms with Gasteiger partial charge in [0, 0.05) is 5.88 Å². The van der Waals surface area contributed by atoms with Crippen molar-refractivity contribution in [1.82, 2.24) is 0 Å². The van der Waals surface area contributed by atoms with Crippen molar-refractivity contribution in [3.8, 4) is 0 Å². The molecule has 0 aromatic carbocycles. The van der Waals surface area contributed by atoms with Gasteiger partial charge in [-0.25, -0.2) is 4.39 Å². The largest absolute Gasteiger partial charge is 0.394 e. The predicted molar refractivity (Wildman–Crippen MR) is 49.3 cm³/mol. The molecule has 0 saturated carbocycles. The van der Waals surface area contributed by atoms with Crippen molar-refractivity contribution in [3.05, 3.63) is 0 Å². The van der Waals surface area contributed by atoms with Crippen molar-refractivity contribution in [2.45, 2.75) is 30.8 Å². The summed E-state index contributed by atoms with van der Waals surface area (Å²) in [6.45, 7) is -0.459. The summed E-state index contributed by atoms with van der Waals surface area (Å²) in [7, 11) is 0. The third kappa shape index (κ3) is 2.99. The maximum Gasteiger partial charge on any atom is 0.192 e. The van der Waals surface area contributed by atoms with Crippen molar-refractivity contribution in [1.29, 1.82) is 0 Å².